The van der Waals surface area contributed by atoms with Gasteiger partial charge in [0.15, 0.2) is 11.5 Å². The number of aryl methyl sites for hydroxylation is 1. The zero-order chi connectivity index (χ0) is 23.0. The monoisotopic (exact) mass is 431 g/mol. The summed E-state index contributed by atoms with van der Waals surface area (Å²) in [7, 11) is 0. The summed E-state index contributed by atoms with van der Waals surface area (Å²) < 4.78 is 13.5. The Labute approximate surface area is 182 Å². The fraction of sp³-hybridized carbons (Fsp3) is 0.0800. The van der Waals surface area contributed by atoms with Crippen LogP contribution >= 0.6 is 0 Å². The van der Waals surface area contributed by atoms with Crippen LogP contribution in [0.1, 0.15) is 31.8 Å². The number of nitrogens with zero attached hydrogens (tertiary/aromatic N) is 1. The molecule has 0 aromatic heterocycles. The average molecular weight is 431 g/mol. The highest BCUT2D eigenvalue weighted by Crippen LogP contribution is 2.38. The summed E-state index contributed by atoms with van der Waals surface area (Å²) >= 11 is 0. The Morgan fingerprint density at radius 2 is 1.59 bits per heavy atom. The number of anilines is 1. The van der Waals surface area contributed by atoms with Crippen molar-refractivity contribution in [1.82, 2.24) is 0 Å². The number of carboxylic acids is 1. The molecule has 1 heterocycles. The molecular formula is C25H18FNO5. The lowest BCUT2D eigenvalue weighted by molar-refractivity contribution is -0.116. The molecule has 4 rings (SSSR count). The molecule has 160 valence electrons. The first kappa shape index (κ1) is 21.0. The number of carbonyl (C=O) groups is 3. The highest BCUT2D eigenvalue weighted by molar-refractivity contribution is 6.25. The van der Waals surface area contributed by atoms with Crippen LogP contribution in [-0.2, 0) is 4.79 Å². The van der Waals surface area contributed by atoms with Crippen LogP contribution in [0, 0.1) is 12.7 Å². The minimum absolute atomic E-state index is 0.0645. The Hall–Kier alpha value is -4.26. The zero-order valence-electron chi connectivity index (χ0n) is 16.9. The van der Waals surface area contributed by atoms with Crippen molar-refractivity contribution in [2.75, 3.05) is 4.90 Å². The van der Waals surface area contributed by atoms with Crippen molar-refractivity contribution >= 4 is 28.9 Å². The Kier molecular flexibility index (Phi) is 5.32. The van der Waals surface area contributed by atoms with Crippen LogP contribution < -0.4 is 4.90 Å². The summed E-state index contributed by atoms with van der Waals surface area (Å²) in [5, 5.41) is 20.1. The number of Topliss-reactive ketones (excluding diaryl/α,β-unsaturated/α-hetero) is 1. The van der Waals surface area contributed by atoms with Crippen LogP contribution in [0.3, 0.4) is 0 Å². The minimum atomic E-state index is -1.26. The number of hydrogen-bond acceptors (Lipinski definition) is 4. The van der Waals surface area contributed by atoms with Gasteiger partial charge in [0.25, 0.3) is 5.91 Å². The SMILES string of the molecule is Cc1cccc(C2=C(O)C(=O)N(c3ccc(F)cc3)C2C(=O)c2cccc(C(=O)O)c2)c1. The molecule has 1 aliphatic rings. The van der Waals surface area contributed by atoms with E-state index in [1.54, 1.807) is 18.2 Å². The van der Waals surface area contributed by atoms with Gasteiger partial charge in [0.2, 0.25) is 0 Å². The molecule has 1 atom stereocenters. The standard InChI is InChI=1S/C25H18FNO5/c1-14-4-2-5-15(12-14)20-21(22(28)16-6-3-7-17(13-16)25(31)32)27(24(30)23(20)29)19-10-8-18(26)9-11-19/h2-13,21,29H,1H3,(H,31,32). The van der Waals surface area contributed by atoms with Gasteiger partial charge in [-0.05, 0) is 48.9 Å². The van der Waals surface area contributed by atoms with Crippen molar-refractivity contribution < 1.29 is 29.0 Å². The molecule has 0 radical (unpaired) electrons. The Morgan fingerprint density at radius 3 is 2.25 bits per heavy atom. The van der Waals surface area contributed by atoms with Gasteiger partial charge in [0.05, 0.1) is 5.56 Å². The maximum atomic E-state index is 13.6. The fourth-order valence-corrected chi connectivity index (χ4v) is 3.79. The number of hydrogen-bond donors (Lipinski definition) is 2. The Bertz CT molecular complexity index is 1280. The van der Waals surface area contributed by atoms with Gasteiger partial charge < -0.3 is 10.2 Å². The predicted octanol–water partition coefficient (Wildman–Crippen LogP) is 4.40. The van der Waals surface area contributed by atoms with Crippen LogP contribution in [0.2, 0.25) is 0 Å². The van der Waals surface area contributed by atoms with Gasteiger partial charge in [-0.1, -0.05) is 42.0 Å². The molecule has 32 heavy (non-hydrogen) atoms. The molecule has 1 amide bonds. The molecule has 0 spiro atoms. The van der Waals surface area contributed by atoms with Gasteiger partial charge in [0, 0.05) is 16.8 Å². The number of aliphatic hydroxyl groups excluding tert-OH is 1. The molecule has 0 bridgehead atoms. The number of ketones is 1. The van der Waals surface area contributed by atoms with Crippen molar-refractivity contribution in [2.45, 2.75) is 13.0 Å². The van der Waals surface area contributed by atoms with Gasteiger partial charge in [-0.3, -0.25) is 14.5 Å². The van der Waals surface area contributed by atoms with E-state index in [1.165, 1.54) is 36.4 Å². The summed E-state index contributed by atoms with van der Waals surface area (Å²) in [4.78, 5) is 39.2. The molecule has 1 unspecified atom stereocenters. The number of carboxylic acid groups (broad SMARTS) is 1. The van der Waals surface area contributed by atoms with E-state index in [1.807, 2.05) is 13.0 Å². The van der Waals surface area contributed by atoms with Crippen LogP contribution in [0.25, 0.3) is 5.57 Å². The van der Waals surface area contributed by atoms with Crippen molar-refractivity contribution in [3.63, 3.8) is 0 Å². The van der Waals surface area contributed by atoms with Crippen LogP contribution in [0.15, 0.2) is 78.6 Å². The van der Waals surface area contributed by atoms with Crippen molar-refractivity contribution in [3.05, 3.63) is 107 Å². The van der Waals surface area contributed by atoms with E-state index >= 15 is 0 Å². The molecule has 0 aliphatic carbocycles. The molecule has 2 N–H and O–H groups in total. The molecule has 3 aromatic carbocycles. The lowest BCUT2D eigenvalue weighted by atomic mass is 9.91. The van der Waals surface area contributed by atoms with E-state index in [2.05, 4.69) is 0 Å². The number of amides is 1. The number of aromatic carboxylic acids is 1. The number of benzene rings is 3. The molecule has 0 saturated carbocycles. The summed E-state index contributed by atoms with van der Waals surface area (Å²) in [6, 6.07) is 16.2. The maximum Gasteiger partial charge on any atom is 0.335 e. The third kappa shape index (κ3) is 3.65. The van der Waals surface area contributed by atoms with E-state index in [4.69, 9.17) is 0 Å². The number of carbonyl (C=O) groups excluding carboxylic acids is 2. The van der Waals surface area contributed by atoms with Crippen molar-refractivity contribution in [1.29, 1.82) is 0 Å². The molecule has 3 aromatic rings. The first-order valence-electron chi connectivity index (χ1n) is 9.75. The number of aliphatic hydroxyl groups is 1. The van der Waals surface area contributed by atoms with E-state index in [-0.39, 0.29) is 22.4 Å². The average Bonchev–Trinajstić information content (AvgIpc) is 3.04. The van der Waals surface area contributed by atoms with Gasteiger partial charge in [-0.25, -0.2) is 9.18 Å². The van der Waals surface area contributed by atoms with Crippen LogP contribution in [0.4, 0.5) is 10.1 Å². The fourth-order valence-electron chi connectivity index (χ4n) is 3.79. The topological polar surface area (TPSA) is 94.9 Å². The summed E-state index contributed by atoms with van der Waals surface area (Å²) in [5.41, 5.74) is 1.64. The molecule has 6 nitrogen and oxygen atoms in total. The van der Waals surface area contributed by atoms with Crippen molar-refractivity contribution in [3.8, 4) is 0 Å². The van der Waals surface area contributed by atoms with E-state index in [9.17, 15) is 29.0 Å². The molecule has 7 heteroatoms. The largest absolute Gasteiger partial charge is 0.503 e. The lowest BCUT2D eigenvalue weighted by Gasteiger charge is -2.26. The van der Waals surface area contributed by atoms with Gasteiger partial charge in [0.1, 0.15) is 11.9 Å². The molecule has 0 saturated heterocycles. The quantitative estimate of drug-likeness (QED) is 0.584. The second-order valence-corrected chi connectivity index (χ2v) is 7.44. The Balaban J connectivity index is 1.90. The summed E-state index contributed by atoms with van der Waals surface area (Å²) in [6.45, 7) is 1.84. The van der Waals surface area contributed by atoms with Crippen LogP contribution in [-0.4, -0.2) is 33.9 Å². The Morgan fingerprint density at radius 1 is 0.938 bits per heavy atom. The van der Waals surface area contributed by atoms with Crippen molar-refractivity contribution in [2.24, 2.45) is 0 Å². The van der Waals surface area contributed by atoms with Gasteiger partial charge in [-0.15, -0.1) is 0 Å². The highest BCUT2D eigenvalue weighted by atomic mass is 19.1. The highest BCUT2D eigenvalue weighted by Gasteiger charge is 2.45. The summed E-state index contributed by atoms with van der Waals surface area (Å²) in [6.07, 6.45) is 0. The zero-order valence-corrected chi connectivity index (χ0v) is 16.9. The predicted molar refractivity (Wildman–Crippen MR) is 116 cm³/mol. The maximum absolute atomic E-state index is 13.6. The molecule has 1 aliphatic heterocycles. The normalized spacial score (nSPS) is 15.9. The number of halogens is 1. The molecule has 0 fully saturated rings. The van der Waals surface area contributed by atoms with E-state index < -0.39 is 35.3 Å². The van der Waals surface area contributed by atoms with E-state index in [0.717, 1.165) is 22.6 Å². The second kappa shape index (κ2) is 8.11. The third-order valence-corrected chi connectivity index (χ3v) is 5.28. The second-order valence-electron chi connectivity index (χ2n) is 7.44. The first-order valence-corrected chi connectivity index (χ1v) is 9.75. The number of rotatable bonds is 5. The van der Waals surface area contributed by atoms with Gasteiger partial charge >= 0.3 is 5.97 Å². The first-order chi connectivity index (χ1) is 15.3. The van der Waals surface area contributed by atoms with Gasteiger partial charge in [-0.2, -0.15) is 0 Å². The van der Waals surface area contributed by atoms with Crippen LogP contribution in [0.5, 0.6) is 0 Å². The lowest BCUT2D eigenvalue weighted by Crippen LogP contribution is -2.41. The summed E-state index contributed by atoms with van der Waals surface area (Å²) in [5.74, 6) is -3.69. The molecular weight excluding hydrogens is 413 g/mol. The van der Waals surface area contributed by atoms with E-state index in [0.29, 0.717) is 5.56 Å². The minimum Gasteiger partial charge on any atom is -0.503 e. The third-order valence-electron chi connectivity index (χ3n) is 5.28. The smallest absolute Gasteiger partial charge is 0.335 e.